The molecule has 0 saturated carbocycles. The van der Waals surface area contributed by atoms with Gasteiger partial charge in [-0.3, -0.25) is 0 Å². The molecule has 0 aromatic heterocycles. The van der Waals surface area contributed by atoms with E-state index >= 15 is 0 Å². The monoisotopic (exact) mass is 419 g/mol. The van der Waals surface area contributed by atoms with Gasteiger partial charge in [-0.1, -0.05) is 50.5 Å². The first kappa shape index (κ1) is 20.8. The summed E-state index contributed by atoms with van der Waals surface area (Å²) in [4.78, 5) is 0. The van der Waals surface area contributed by atoms with E-state index in [1.165, 1.54) is 42.4 Å². The number of hydrogen-bond donors (Lipinski definition) is 1. The molecule has 0 amide bonds. The smallest absolute Gasteiger partial charge is 0.175 e. The number of methoxy groups -OCH3 is 1. The molecular weight excluding hydrogens is 390 g/mol. The summed E-state index contributed by atoms with van der Waals surface area (Å²) in [5, 5.41) is 3.51. The molecule has 0 unspecified atom stereocenters. The second-order valence-corrected chi connectivity index (χ2v) is 7.42. The van der Waals surface area contributed by atoms with Crippen LogP contribution in [0.4, 0.5) is 0 Å². The number of ether oxygens (including phenoxy) is 2. The van der Waals surface area contributed by atoms with E-state index in [1.54, 1.807) is 7.11 Å². The van der Waals surface area contributed by atoms with E-state index in [0.717, 1.165) is 29.1 Å². The molecule has 2 rings (SSSR count). The Morgan fingerprint density at radius 2 is 1.88 bits per heavy atom. The topological polar surface area (TPSA) is 30.5 Å². The lowest BCUT2D eigenvalue weighted by molar-refractivity contribution is 0.281. The molecular formula is C22H30BrNO2. The van der Waals surface area contributed by atoms with Crippen LogP contribution in [0.5, 0.6) is 11.5 Å². The molecule has 4 heteroatoms. The van der Waals surface area contributed by atoms with Crippen molar-refractivity contribution in [3.8, 4) is 11.5 Å². The molecule has 0 aliphatic rings. The Labute approximate surface area is 166 Å². The van der Waals surface area contributed by atoms with Gasteiger partial charge in [0.2, 0.25) is 0 Å². The van der Waals surface area contributed by atoms with Crippen LogP contribution < -0.4 is 14.8 Å². The molecule has 0 spiro atoms. The van der Waals surface area contributed by atoms with Crippen molar-refractivity contribution in [3.05, 3.63) is 57.6 Å². The molecule has 0 heterocycles. The fraction of sp³-hybridized carbons (Fsp3) is 0.455. The van der Waals surface area contributed by atoms with Crippen molar-refractivity contribution in [2.45, 2.75) is 52.7 Å². The molecule has 0 saturated heterocycles. The van der Waals surface area contributed by atoms with Crippen LogP contribution in [0.1, 0.15) is 49.3 Å². The van der Waals surface area contributed by atoms with Gasteiger partial charge >= 0.3 is 0 Å². The molecule has 0 bridgehead atoms. The summed E-state index contributed by atoms with van der Waals surface area (Å²) >= 11 is 3.64. The van der Waals surface area contributed by atoms with Gasteiger partial charge in [-0.15, -0.1) is 0 Å². The summed E-state index contributed by atoms with van der Waals surface area (Å²) in [5.74, 6) is 1.51. The van der Waals surface area contributed by atoms with Crippen LogP contribution >= 0.6 is 15.9 Å². The van der Waals surface area contributed by atoms with E-state index in [4.69, 9.17) is 9.47 Å². The van der Waals surface area contributed by atoms with Gasteiger partial charge in [0, 0.05) is 6.54 Å². The van der Waals surface area contributed by atoms with Crippen LogP contribution in [0.3, 0.4) is 0 Å². The highest BCUT2D eigenvalue weighted by atomic mass is 79.9. The minimum absolute atomic E-state index is 0.524. The Kier molecular flexibility index (Phi) is 8.99. The summed E-state index contributed by atoms with van der Waals surface area (Å²) in [5.41, 5.74) is 3.60. The Morgan fingerprint density at radius 3 is 2.62 bits per heavy atom. The average molecular weight is 420 g/mol. The number of rotatable bonds is 11. The van der Waals surface area contributed by atoms with Crippen molar-refractivity contribution in [1.29, 1.82) is 0 Å². The van der Waals surface area contributed by atoms with Crippen molar-refractivity contribution < 1.29 is 9.47 Å². The molecule has 3 nitrogen and oxygen atoms in total. The summed E-state index contributed by atoms with van der Waals surface area (Å²) < 4.78 is 12.5. The predicted molar refractivity (Wildman–Crippen MR) is 112 cm³/mol. The maximum atomic E-state index is 6.06. The Bertz CT molecular complexity index is 688. The summed E-state index contributed by atoms with van der Waals surface area (Å²) in [7, 11) is 1.68. The van der Waals surface area contributed by atoms with E-state index in [9.17, 15) is 0 Å². The minimum Gasteiger partial charge on any atom is -0.493 e. The SMILES string of the molecule is CCCCCCNCc1cc(Br)c(OCc2ccccc2C)c(OC)c1. The summed E-state index contributed by atoms with van der Waals surface area (Å²) in [6.07, 6.45) is 5.11. The van der Waals surface area contributed by atoms with Crippen LogP contribution in [0.25, 0.3) is 0 Å². The highest BCUT2D eigenvalue weighted by molar-refractivity contribution is 9.10. The third-order valence-corrected chi connectivity index (χ3v) is 5.05. The van der Waals surface area contributed by atoms with Crippen LogP contribution in [0.15, 0.2) is 40.9 Å². The van der Waals surface area contributed by atoms with Gasteiger partial charge in [0.25, 0.3) is 0 Å². The second kappa shape index (κ2) is 11.2. The third kappa shape index (κ3) is 6.33. The number of unbranched alkanes of at least 4 members (excludes halogenated alkanes) is 3. The highest BCUT2D eigenvalue weighted by Gasteiger charge is 2.12. The third-order valence-electron chi connectivity index (χ3n) is 4.46. The van der Waals surface area contributed by atoms with Crippen molar-refractivity contribution in [2.24, 2.45) is 0 Å². The Morgan fingerprint density at radius 1 is 1.08 bits per heavy atom. The van der Waals surface area contributed by atoms with Crippen LogP contribution in [-0.2, 0) is 13.2 Å². The molecule has 26 heavy (non-hydrogen) atoms. The zero-order valence-electron chi connectivity index (χ0n) is 16.1. The van der Waals surface area contributed by atoms with Crippen LogP contribution in [0, 0.1) is 6.92 Å². The zero-order valence-corrected chi connectivity index (χ0v) is 17.7. The summed E-state index contributed by atoms with van der Waals surface area (Å²) in [6, 6.07) is 12.4. The molecule has 0 aliphatic heterocycles. The van der Waals surface area contributed by atoms with Gasteiger partial charge in [-0.2, -0.15) is 0 Å². The molecule has 0 fully saturated rings. The minimum atomic E-state index is 0.524. The standard InChI is InChI=1S/C22H30BrNO2/c1-4-5-6-9-12-24-15-18-13-20(23)22(21(14-18)25-3)26-16-19-11-8-7-10-17(19)2/h7-8,10-11,13-14,24H,4-6,9,12,15-16H2,1-3H3. The van der Waals surface area contributed by atoms with Gasteiger partial charge in [-0.25, -0.2) is 0 Å². The van der Waals surface area contributed by atoms with Gasteiger partial charge < -0.3 is 14.8 Å². The molecule has 2 aromatic rings. The molecule has 2 aromatic carbocycles. The quantitative estimate of drug-likeness (QED) is 0.451. The van der Waals surface area contributed by atoms with E-state index in [0.29, 0.717) is 6.61 Å². The fourth-order valence-corrected chi connectivity index (χ4v) is 3.45. The Balaban J connectivity index is 1.96. The van der Waals surface area contributed by atoms with Crippen molar-refractivity contribution in [3.63, 3.8) is 0 Å². The fourth-order valence-electron chi connectivity index (χ4n) is 2.85. The maximum Gasteiger partial charge on any atom is 0.175 e. The van der Waals surface area contributed by atoms with Gasteiger partial charge in [0.1, 0.15) is 6.61 Å². The number of benzene rings is 2. The molecule has 142 valence electrons. The highest BCUT2D eigenvalue weighted by Crippen LogP contribution is 2.37. The van der Waals surface area contributed by atoms with Crippen LogP contribution in [-0.4, -0.2) is 13.7 Å². The molecule has 0 aliphatic carbocycles. The normalized spacial score (nSPS) is 10.8. The first-order valence-electron chi connectivity index (χ1n) is 9.40. The number of aryl methyl sites for hydroxylation is 1. The van der Waals surface area contributed by atoms with E-state index in [-0.39, 0.29) is 0 Å². The predicted octanol–water partition coefficient (Wildman–Crippen LogP) is 6.02. The largest absolute Gasteiger partial charge is 0.493 e. The average Bonchev–Trinajstić information content (AvgIpc) is 2.64. The van der Waals surface area contributed by atoms with Crippen LogP contribution in [0.2, 0.25) is 0 Å². The zero-order chi connectivity index (χ0) is 18.8. The van der Waals surface area contributed by atoms with E-state index < -0.39 is 0 Å². The molecule has 1 N–H and O–H groups in total. The Hall–Kier alpha value is -1.52. The first-order valence-corrected chi connectivity index (χ1v) is 10.2. The number of hydrogen-bond acceptors (Lipinski definition) is 3. The van der Waals surface area contributed by atoms with E-state index in [2.05, 4.69) is 59.4 Å². The van der Waals surface area contributed by atoms with Gasteiger partial charge in [-0.05, 0) is 64.6 Å². The van der Waals surface area contributed by atoms with E-state index in [1.807, 2.05) is 12.1 Å². The second-order valence-electron chi connectivity index (χ2n) is 6.56. The number of halogens is 1. The maximum absolute atomic E-state index is 6.06. The summed E-state index contributed by atoms with van der Waals surface area (Å²) in [6.45, 7) is 6.74. The lowest BCUT2D eigenvalue weighted by Gasteiger charge is -2.15. The lowest BCUT2D eigenvalue weighted by Crippen LogP contribution is -2.14. The molecule has 0 radical (unpaired) electrons. The lowest BCUT2D eigenvalue weighted by atomic mass is 10.1. The molecule has 0 atom stereocenters. The van der Waals surface area contributed by atoms with Crippen molar-refractivity contribution in [2.75, 3.05) is 13.7 Å². The number of nitrogens with one attached hydrogen (secondary N) is 1. The van der Waals surface area contributed by atoms with Crippen molar-refractivity contribution >= 4 is 15.9 Å². The first-order chi connectivity index (χ1) is 12.7. The van der Waals surface area contributed by atoms with Gasteiger partial charge in [0.15, 0.2) is 11.5 Å². The van der Waals surface area contributed by atoms with Gasteiger partial charge in [0.05, 0.1) is 11.6 Å². The van der Waals surface area contributed by atoms with Crippen molar-refractivity contribution in [1.82, 2.24) is 5.32 Å².